The fourth-order valence-electron chi connectivity index (χ4n) is 7.12. The van der Waals surface area contributed by atoms with Gasteiger partial charge in [0.25, 0.3) is 0 Å². The molecule has 3 heteroatoms. The summed E-state index contributed by atoms with van der Waals surface area (Å²) in [6, 6.07) is 53.8. The third-order valence-electron chi connectivity index (χ3n) is 9.21. The third-order valence-corrected chi connectivity index (χ3v) is 9.21. The van der Waals surface area contributed by atoms with Gasteiger partial charge in [-0.15, -0.1) is 0 Å². The summed E-state index contributed by atoms with van der Waals surface area (Å²) in [5.74, 6) is 0. The number of anilines is 3. The molecule has 0 unspecified atom stereocenters. The second kappa shape index (κ2) is 9.22. The van der Waals surface area contributed by atoms with Crippen molar-refractivity contribution in [2.24, 2.45) is 0 Å². The normalized spacial score (nSPS) is 12.0. The van der Waals surface area contributed by atoms with E-state index in [-0.39, 0.29) is 0 Å². The molecule has 3 nitrogen and oxygen atoms in total. The van der Waals surface area contributed by atoms with Gasteiger partial charge in [-0.2, -0.15) is 0 Å². The molecule has 0 radical (unpaired) electrons. The molecule has 0 spiro atoms. The van der Waals surface area contributed by atoms with Crippen LogP contribution in [0.2, 0.25) is 0 Å². The molecule has 10 rings (SSSR count). The van der Waals surface area contributed by atoms with Crippen molar-refractivity contribution in [2.45, 2.75) is 0 Å². The number of hydrogen-bond donors (Lipinski definition) is 0. The van der Waals surface area contributed by atoms with Gasteiger partial charge in [-0.05, 0) is 86.9 Å². The monoisotopic (exact) mass is 575 g/mol. The number of rotatable bonds is 3. The topological polar surface area (TPSA) is 29.5 Å². The van der Waals surface area contributed by atoms with E-state index in [0.29, 0.717) is 0 Å². The minimum atomic E-state index is 0.867. The summed E-state index contributed by atoms with van der Waals surface area (Å²) >= 11 is 0. The fourth-order valence-corrected chi connectivity index (χ4v) is 7.12. The van der Waals surface area contributed by atoms with Gasteiger partial charge in [-0.1, -0.05) is 91.0 Å². The Balaban J connectivity index is 1.23. The summed E-state index contributed by atoms with van der Waals surface area (Å²) in [6.45, 7) is 0. The molecule has 10 aromatic rings. The quantitative estimate of drug-likeness (QED) is 0.196. The summed E-state index contributed by atoms with van der Waals surface area (Å²) in [6.07, 6.45) is 0. The van der Waals surface area contributed by atoms with E-state index >= 15 is 0 Å². The van der Waals surface area contributed by atoms with E-state index in [9.17, 15) is 0 Å². The first-order chi connectivity index (χ1) is 22.3. The second-order valence-corrected chi connectivity index (χ2v) is 11.7. The van der Waals surface area contributed by atoms with E-state index in [4.69, 9.17) is 8.83 Å². The van der Waals surface area contributed by atoms with E-state index in [1.54, 1.807) is 0 Å². The van der Waals surface area contributed by atoms with Crippen LogP contribution >= 0.6 is 0 Å². The second-order valence-electron chi connectivity index (χ2n) is 11.7. The van der Waals surface area contributed by atoms with Crippen LogP contribution in [0, 0.1) is 0 Å². The van der Waals surface area contributed by atoms with Crippen LogP contribution in [-0.4, -0.2) is 0 Å². The van der Waals surface area contributed by atoms with E-state index in [0.717, 1.165) is 60.9 Å². The van der Waals surface area contributed by atoms with Crippen molar-refractivity contribution in [3.8, 4) is 0 Å². The number of nitrogens with zero attached hydrogens (tertiary/aromatic N) is 1. The molecule has 0 bridgehead atoms. The summed E-state index contributed by atoms with van der Waals surface area (Å²) in [5, 5.41) is 12.0. The van der Waals surface area contributed by atoms with Crippen molar-refractivity contribution in [2.75, 3.05) is 4.90 Å². The largest absolute Gasteiger partial charge is 0.456 e. The van der Waals surface area contributed by atoms with Crippen LogP contribution < -0.4 is 4.90 Å². The van der Waals surface area contributed by atoms with E-state index < -0.39 is 0 Å². The van der Waals surface area contributed by atoms with Crippen molar-refractivity contribution < 1.29 is 8.83 Å². The van der Waals surface area contributed by atoms with Gasteiger partial charge in [-0.25, -0.2) is 0 Å². The maximum absolute atomic E-state index is 6.35. The lowest BCUT2D eigenvalue weighted by Gasteiger charge is -2.26. The van der Waals surface area contributed by atoms with E-state index in [1.807, 2.05) is 24.3 Å². The molecule has 45 heavy (non-hydrogen) atoms. The van der Waals surface area contributed by atoms with Crippen LogP contribution in [0.25, 0.3) is 76.2 Å². The lowest BCUT2D eigenvalue weighted by molar-refractivity contribution is 0.668. The maximum Gasteiger partial charge on any atom is 0.137 e. The van der Waals surface area contributed by atoms with Crippen LogP contribution in [0.15, 0.2) is 160 Å². The van der Waals surface area contributed by atoms with Crippen molar-refractivity contribution in [3.63, 3.8) is 0 Å². The zero-order valence-electron chi connectivity index (χ0n) is 24.2. The Bertz CT molecular complexity index is 2780. The fraction of sp³-hybridized carbons (Fsp3) is 0. The smallest absolute Gasteiger partial charge is 0.137 e. The first-order valence-electron chi connectivity index (χ1n) is 15.3. The standard InChI is InChI=1S/C42H25NO2/c1-2-8-32-26(7-1)13-14-27-15-16-28-23-29(17-20-33(28)42(27)32)43(30-19-22-40-37(24-30)35-10-4-6-12-39(35)44-40)31-18-21-36-34-9-3-5-11-38(34)45-41(36)25-31/h1-25H. The third kappa shape index (κ3) is 3.65. The molecular formula is C42H25NO2. The molecule has 2 aromatic heterocycles. The Morgan fingerprint density at radius 3 is 1.64 bits per heavy atom. The molecule has 0 fully saturated rings. The van der Waals surface area contributed by atoms with E-state index in [1.165, 1.54) is 32.3 Å². The van der Waals surface area contributed by atoms with Crippen LogP contribution in [0.3, 0.4) is 0 Å². The first kappa shape index (κ1) is 24.4. The van der Waals surface area contributed by atoms with Crippen LogP contribution in [-0.2, 0) is 0 Å². The highest BCUT2D eigenvalue weighted by Gasteiger charge is 2.18. The molecule has 0 aliphatic rings. The average molecular weight is 576 g/mol. The highest BCUT2D eigenvalue weighted by molar-refractivity contribution is 6.20. The lowest BCUT2D eigenvalue weighted by atomic mass is 9.96. The zero-order chi connectivity index (χ0) is 29.5. The molecule has 0 atom stereocenters. The first-order valence-corrected chi connectivity index (χ1v) is 15.3. The van der Waals surface area contributed by atoms with Gasteiger partial charge >= 0.3 is 0 Å². The van der Waals surface area contributed by atoms with Gasteiger partial charge in [0.15, 0.2) is 0 Å². The predicted molar refractivity (Wildman–Crippen MR) is 188 cm³/mol. The van der Waals surface area contributed by atoms with Crippen molar-refractivity contribution in [1.29, 1.82) is 0 Å². The summed E-state index contributed by atoms with van der Waals surface area (Å²) in [4.78, 5) is 2.32. The molecule has 2 heterocycles. The molecule has 210 valence electrons. The molecule has 0 N–H and O–H groups in total. The number of benzene rings is 8. The molecule has 0 amide bonds. The zero-order valence-corrected chi connectivity index (χ0v) is 24.2. The highest BCUT2D eigenvalue weighted by atomic mass is 16.3. The number of fused-ring (bicyclic) bond motifs is 11. The van der Waals surface area contributed by atoms with Crippen LogP contribution in [0.4, 0.5) is 17.1 Å². The lowest BCUT2D eigenvalue weighted by Crippen LogP contribution is -2.09. The van der Waals surface area contributed by atoms with Crippen molar-refractivity contribution in [3.05, 3.63) is 152 Å². The van der Waals surface area contributed by atoms with Gasteiger partial charge in [-0.3, -0.25) is 0 Å². The Kier molecular flexibility index (Phi) is 5.00. The van der Waals surface area contributed by atoms with Gasteiger partial charge in [0.2, 0.25) is 0 Å². The van der Waals surface area contributed by atoms with E-state index in [2.05, 4.69) is 132 Å². The summed E-state index contributed by atoms with van der Waals surface area (Å²) in [7, 11) is 0. The number of furan rings is 2. The molecular weight excluding hydrogens is 550 g/mol. The van der Waals surface area contributed by atoms with Crippen molar-refractivity contribution in [1.82, 2.24) is 0 Å². The van der Waals surface area contributed by atoms with Gasteiger partial charge in [0, 0.05) is 44.7 Å². The Morgan fingerprint density at radius 2 is 0.822 bits per heavy atom. The van der Waals surface area contributed by atoms with Crippen molar-refractivity contribution >= 4 is 93.3 Å². The highest BCUT2D eigenvalue weighted by Crippen LogP contribution is 2.42. The summed E-state index contributed by atoms with van der Waals surface area (Å²) in [5.41, 5.74) is 6.69. The Hall–Kier alpha value is -6.06. The maximum atomic E-state index is 6.35. The minimum absolute atomic E-state index is 0.867. The van der Waals surface area contributed by atoms with Gasteiger partial charge in [0.1, 0.15) is 22.3 Å². The van der Waals surface area contributed by atoms with Crippen LogP contribution in [0.5, 0.6) is 0 Å². The average Bonchev–Trinajstić information content (AvgIpc) is 3.66. The van der Waals surface area contributed by atoms with Gasteiger partial charge < -0.3 is 13.7 Å². The molecule has 0 saturated heterocycles. The van der Waals surface area contributed by atoms with Gasteiger partial charge in [0.05, 0.1) is 0 Å². The SMILES string of the molecule is c1ccc2c(c1)ccc1ccc3cc(N(c4ccc5c(c4)oc4ccccc45)c4ccc5oc6ccccc6c5c4)ccc3c12. The molecule has 0 aliphatic heterocycles. The molecule has 0 saturated carbocycles. The number of para-hydroxylation sites is 2. The Morgan fingerprint density at radius 1 is 0.311 bits per heavy atom. The number of hydrogen-bond acceptors (Lipinski definition) is 3. The molecule has 0 aliphatic carbocycles. The van der Waals surface area contributed by atoms with Crippen LogP contribution in [0.1, 0.15) is 0 Å². The predicted octanol–water partition coefficient (Wildman–Crippen LogP) is 12.4. The Labute approximate surface area is 258 Å². The molecule has 8 aromatic carbocycles. The minimum Gasteiger partial charge on any atom is -0.456 e. The summed E-state index contributed by atoms with van der Waals surface area (Å²) < 4.78 is 12.5.